The van der Waals surface area contributed by atoms with E-state index < -0.39 is 0 Å². The number of halogens is 1. The van der Waals surface area contributed by atoms with E-state index in [2.05, 4.69) is 65.3 Å². The van der Waals surface area contributed by atoms with Gasteiger partial charge >= 0.3 is 0 Å². The topological polar surface area (TPSA) is 20.3 Å². The van der Waals surface area contributed by atoms with Crippen molar-refractivity contribution >= 4 is 27.5 Å². The van der Waals surface area contributed by atoms with Crippen molar-refractivity contribution in [2.45, 2.75) is 24.6 Å². The molecule has 108 valence electrons. The monoisotopic (exact) mass is 343 g/mol. The number of carbonyl (C=O) groups is 1. The molecule has 0 bridgehead atoms. The van der Waals surface area contributed by atoms with Gasteiger partial charge in [0.25, 0.3) is 0 Å². The fourth-order valence-electron chi connectivity index (χ4n) is 2.88. The number of hydrogen-bond acceptors (Lipinski definition) is 1. The van der Waals surface area contributed by atoms with Gasteiger partial charge in [-0.2, -0.15) is 0 Å². The molecule has 1 unspecified atom stereocenters. The lowest BCUT2D eigenvalue weighted by molar-refractivity contribution is -0.118. The van der Waals surface area contributed by atoms with Gasteiger partial charge in [0.15, 0.2) is 0 Å². The second-order valence-corrected chi connectivity index (χ2v) is 6.48. The van der Waals surface area contributed by atoms with Gasteiger partial charge in [0.05, 0.1) is 4.83 Å². The number of amides is 1. The number of anilines is 1. The largest absolute Gasteiger partial charge is 0.315 e. The Hall–Kier alpha value is -1.61. The van der Waals surface area contributed by atoms with E-state index in [0.717, 1.165) is 12.1 Å². The number of benzene rings is 2. The van der Waals surface area contributed by atoms with Crippen molar-refractivity contribution in [1.82, 2.24) is 0 Å². The van der Waals surface area contributed by atoms with Crippen LogP contribution >= 0.6 is 15.9 Å². The van der Waals surface area contributed by atoms with Crippen molar-refractivity contribution in [3.05, 3.63) is 64.7 Å². The molecule has 1 atom stereocenters. The molecular formula is C18H18BrNO. The van der Waals surface area contributed by atoms with E-state index >= 15 is 0 Å². The summed E-state index contributed by atoms with van der Waals surface area (Å²) in [5.41, 5.74) is 6.11. The normalized spacial score (nSPS) is 15.8. The van der Waals surface area contributed by atoms with Crippen LogP contribution in [-0.2, 0) is 11.2 Å². The van der Waals surface area contributed by atoms with E-state index in [1.165, 1.54) is 22.3 Å². The van der Waals surface area contributed by atoms with Crippen LogP contribution in [0.1, 0.15) is 33.5 Å². The third-order valence-electron chi connectivity index (χ3n) is 4.20. The molecule has 2 aromatic rings. The zero-order valence-electron chi connectivity index (χ0n) is 12.3. The predicted molar refractivity (Wildman–Crippen MR) is 90.1 cm³/mol. The van der Waals surface area contributed by atoms with Crippen LogP contribution in [0, 0.1) is 6.92 Å². The quantitative estimate of drug-likeness (QED) is 0.740. The third-order valence-corrected chi connectivity index (χ3v) is 5.22. The molecular weight excluding hydrogens is 326 g/mol. The first-order valence-corrected chi connectivity index (χ1v) is 8.08. The highest BCUT2D eigenvalue weighted by molar-refractivity contribution is 9.09. The minimum atomic E-state index is 0.187. The molecule has 1 heterocycles. The number of hydrogen-bond donors (Lipinski definition) is 0. The van der Waals surface area contributed by atoms with Gasteiger partial charge in [-0.15, -0.1) is 0 Å². The lowest BCUT2D eigenvalue weighted by atomic mass is 9.95. The molecule has 1 aliphatic heterocycles. The number of aryl methyl sites for hydroxylation is 2. The molecule has 3 heteroatoms. The van der Waals surface area contributed by atoms with Crippen LogP contribution < -0.4 is 4.90 Å². The molecule has 0 fully saturated rings. The molecule has 0 saturated carbocycles. The molecule has 21 heavy (non-hydrogen) atoms. The van der Waals surface area contributed by atoms with Gasteiger partial charge < -0.3 is 4.90 Å². The highest BCUT2D eigenvalue weighted by atomic mass is 79.9. The molecule has 0 aliphatic carbocycles. The molecule has 1 aliphatic rings. The molecule has 0 radical (unpaired) electrons. The molecule has 0 spiro atoms. The van der Waals surface area contributed by atoms with Crippen molar-refractivity contribution in [3.8, 4) is 0 Å². The van der Waals surface area contributed by atoms with E-state index in [1.807, 2.05) is 7.05 Å². The number of carbonyl (C=O) groups excluding carboxylic acids is 1. The van der Waals surface area contributed by atoms with Crippen LogP contribution in [0.25, 0.3) is 0 Å². The van der Waals surface area contributed by atoms with Gasteiger partial charge in [-0.05, 0) is 41.7 Å². The SMILES string of the molecule is Cc1ccccc1C(Br)c1ccc2c(c1)CCC(=O)N2C. The fourth-order valence-corrected chi connectivity index (χ4v) is 3.68. The Bertz CT molecular complexity index is 695. The maximum atomic E-state index is 11.8. The summed E-state index contributed by atoms with van der Waals surface area (Å²) in [5, 5.41) is 0. The predicted octanol–water partition coefficient (Wildman–Crippen LogP) is 4.39. The molecule has 2 aromatic carbocycles. The Morgan fingerprint density at radius 1 is 1.14 bits per heavy atom. The van der Waals surface area contributed by atoms with Crippen LogP contribution in [0.4, 0.5) is 5.69 Å². The summed E-state index contributed by atoms with van der Waals surface area (Å²) in [4.78, 5) is 13.7. The van der Waals surface area contributed by atoms with Gasteiger partial charge in [-0.3, -0.25) is 4.79 Å². The maximum absolute atomic E-state index is 11.8. The van der Waals surface area contributed by atoms with Gasteiger partial charge in [0.1, 0.15) is 0 Å². The van der Waals surface area contributed by atoms with Crippen molar-refractivity contribution in [2.24, 2.45) is 0 Å². The lowest BCUT2D eigenvalue weighted by Gasteiger charge is -2.27. The first kappa shape index (κ1) is 14.3. The lowest BCUT2D eigenvalue weighted by Crippen LogP contribution is -2.31. The summed E-state index contributed by atoms with van der Waals surface area (Å²) in [7, 11) is 1.85. The van der Waals surface area contributed by atoms with Gasteiger partial charge in [0, 0.05) is 19.2 Å². The van der Waals surface area contributed by atoms with Crippen LogP contribution in [0.2, 0.25) is 0 Å². The van der Waals surface area contributed by atoms with Crippen LogP contribution in [0.5, 0.6) is 0 Å². The molecule has 0 N–H and O–H groups in total. The number of rotatable bonds is 2. The average molecular weight is 344 g/mol. The first-order chi connectivity index (χ1) is 10.1. The molecule has 0 saturated heterocycles. The smallest absolute Gasteiger partial charge is 0.227 e. The Morgan fingerprint density at radius 3 is 2.67 bits per heavy atom. The van der Waals surface area contributed by atoms with Gasteiger partial charge in [0.2, 0.25) is 5.91 Å². The molecule has 2 nitrogen and oxygen atoms in total. The summed E-state index contributed by atoms with van der Waals surface area (Å²) in [6.07, 6.45) is 1.43. The number of fused-ring (bicyclic) bond motifs is 1. The standard InChI is InChI=1S/C18H18BrNO/c1-12-5-3-4-6-15(12)18(19)14-7-9-16-13(11-14)8-10-17(21)20(16)2/h3-7,9,11,18H,8,10H2,1-2H3. The minimum Gasteiger partial charge on any atom is -0.315 e. The summed E-state index contributed by atoms with van der Waals surface area (Å²) in [6.45, 7) is 2.13. The Kier molecular flexibility index (Phi) is 3.85. The number of nitrogens with zero attached hydrogens (tertiary/aromatic N) is 1. The molecule has 1 amide bonds. The highest BCUT2D eigenvalue weighted by Gasteiger charge is 2.22. The average Bonchev–Trinajstić information content (AvgIpc) is 2.50. The zero-order valence-corrected chi connectivity index (χ0v) is 13.9. The number of alkyl halides is 1. The van der Waals surface area contributed by atoms with Crippen molar-refractivity contribution in [2.75, 3.05) is 11.9 Å². The Labute approximate surface area is 133 Å². The van der Waals surface area contributed by atoms with E-state index in [4.69, 9.17) is 0 Å². The summed E-state index contributed by atoms with van der Waals surface area (Å²) in [6, 6.07) is 14.8. The second kappa shape index (κ2) is 5.64. The third kappa shape index (κ3) is 2.62. The zero-order chi connectivity index (χ0) is 15.0. The van der Waals surface area contributed by atoms with Gasteiger partial charge in [-0.25, -0.2) is 0 Å². The van der Waals surface area contributed by atoms with Gasteiger partial charge in [-0.1, -0.05) is 52.3 Å². The summed E-state index contributed by atoms with van der Waals surface area (Å²) < 4.78 is 0. The van der Waals surface area contributed by atoms with E-state index in [1.54, 1.807) is 4.90 Å². The first-order valence-electron chi connectivity index (χ1n) is 7.17. The van der Waals surface area contributed by atoms with Crippen LogP contribution in [0.3, 0.4) is 0 Å². The molecule has 0 aromatic heterocycles. The Morgan fingerprint density at radius 2 is 1.90 bits per heavy atom. The van der Waals surface area contributed by atoms with E-state index in [0.29, 0.717) is 6.42 Å². The fraction of sp³-hybridized carbons (Fsp3) is 0.278. The van der Waals surface area contributed by atoms with Crippen LogP contribution in [0.15, 0.2) is 42.5 Å². The summed E-state index contributed by atoms with van der Waals surface area (Å²) in [5.74, 6) is 0.199. The maximum Gasteiger partial charge on any atom is 0.227 e. The van der Waals surface area contributed by atoms with Crippen molar-refractivity contribution in [3.63, 3.8) is 0 Å². The minimum absolute atomic E-state index is 0.187. The second-order valence-electron chi connectivity index (χ2n) is 5.56. The van der Waals surface area contributed by atoms with E-state index in [-0.39, 0.29) is 10.7 Å². The Balaban J connectivity index is 1.98. The highest BCUT2D eigenvalue weighted by Crippen LogP contribution is 2.36. The van der Waals surface area contributed by atoms with Crippen molar-refractivity contribution in [1.29, 1.82) is 0 Å². The van der Waals surface area contributed by atoms with Crippen molar-refractivity contribution < 1.29 is 4.79 Å². The van der Waals surface area contributed by atoms with E-state index in [9.17, 15) is 4.79 Å². The molecule has 3 rings (SSSR count). The summed E-state index contributed by atoms with van der Waals surface area (Å²) >= 11 is 3.82. The van der Waals surface area contributed by atoms with Crippen LogP contribution in [-0.4, -0.2) is 13.0 Å².